The van der Waals surface area contributed by atoms with Crippen molar-refractivity contribution in [3.05, 3.63) is 42.3 Å². The van der Waals surface area contributed by atoms with Crippen molar-refractivity contribution in [2.24, 2.45) is 0 Å². The van der Waals surface area contributed by atoms with Crippen LogP contribution in [-0.4, -0.2) is 57.4 Å². The Morgan fingerprint density at radius 1 is 1.33 bits per heavy atom. The number of aromatic nitrogens is 4. The number of cyclic esters (lactones) is 1. The number of ether oxygens (including phenoxy) is 3. The highest BCUT2D eigenvalue weighted by Crippen LogP contribution is 2.31. The third kappa shape index (κ3) is 4.15. The highest BCUT2D eigenvalue weighted by molar-refractivity contribution is 5.90. The van der Waals surface area contributed by atoms with Gasteiger partial charge in [-0.2, -0.15) is 10.1 Å². The maximum atomic E-state index is 14.9. The van der Waals surface area contributed by atoms with Gasteiger partial charge < -0.3 is 24.1 Å². The van der Waals surface area contributed by atoms with Gasteiger partial charge in [0, 0.05) is 13.1 Å². The predicted molar refractivity (Wildman–Crippen MR) is 107 cm³/mol. The lowest BCUT2D eigenvalue weighted by molar-refractivity contribution is -0.389. The van der Waals surface area contributed by atoms with Crippen molar-refractivity contribution in [1.29, 1.82) is 0 Å². The number of nitrogens with one attached hydrogen (secondary N) is 1. The fourth-order valence-electron chi connectivity index (χ4n) is 3.44. The summed E-state index contributed by atoms with van der Waals surface area (Å²) in [4.78, 5) is 28.7. The molecule has 33 heavy (non-hydrogen) atoms. The molecule has 5 rings (SSSR count). The Morgan fingerprint density at radius 2 is 2.15 bits per heavy atom. The van der Waals surface area contributed by atoms with Gasteiger partial charge in [0.2, 0.25) is 18.0 Å². The van der Waals surface area contributed by atoms with Crippen LogP contribution in [0.1, 0.15) is 26.0 Å². The van der Waals surface area contributed by atoms with E-state index in [9.17, 15) is 14.0 Å². The fraction of sp³-hybridized carbons (Fsp3) is 0.350. The molecule has 2 aliphatic heterocycles. The second kappa shape index (κ2) is 8.26. The Hall–Kier alpha value is -3.84. The molecule has 4 heterocycles. The molecule has 0 aliphatic carbocycles. The molecule has 1 N–H and O–H groups in total. The second-order valence-electron chi connectivity index (χ2n) is 7.49. The lowest BCUT2D eigenvalue weighted by atomic mass is 10.2. The monoisotopic (exact) mass is 458 g/mol. The van der Waals surface area contributed by atoms with E-state index in [2.05, 4.69) is 20.6 Å². The van der Waals surface area contributed by atoms with Crippen LogP contribution in [0.15, 0.2) is 35.1 Å². The van der Waals surface area contributed by atoms with Crippen molar-refractivity contribution in [2.45, 2.75) is 32.5 Å². The average molecular weight is 458 g/mol. The largest absolute Gasteiger partial charge is 0.442 e. The van der Waals surface area contributed by atoms with E-state index in [1.807, 2.05) is 0 Å². The Balaban J connectivity index is 1.30. The summed E-state index contributed by atoms with van der Waals surface area (Å²) >= 11 is 0. The number of rotatable bonds is 6. The molecule has 0 spiro atoms. The Labute approximate surface area is 186 Å². The van der Waals surface area contributed by atoms with Crippen molar-refractivity contribution in [3.8, 4) is 17.1 Å². The minimum atomic E-state index is -0.698. The first-order valence-electron chi connectivity index (χ1n) is 10.1. The number of benzene rings is 1. The van der Waals surface area contributed by atoms with Gasteiger partial charge in [-0.15, -0.1) is 0 Å². The van der Waals surface area contributed by atoms with E-state index in [-0.39, 0.29) is 42.7 Å². The minimum absolute atomic E-state index is 0.163. The molecule has 2 fully saturated rings. The molecule has 0 unspecified atom stereocenters. The highest BCUT2D eigenvalue weighted by atomic mass is 19.1. The molecule has 0 bridgehead atoms. The maximum absolute atomic E-state index is 14.9. The summed E-state index contributed by atoms with van der Waals surface area (Å²) in [5, 5.41) is 10.6. The van der Waals surface area contributed by atoms with Gasteiger partial charge in [0.1, 0.15) is 11.8 Å². The van der Waals surface area contributed by atoms with Crippen molar-refractivity contribution < 1.29 is 32.7 Å². The van der Waals surface area contributed by atoms with Crippen molar-refractivity contribution in [3.63, 3.8) is 0 Å². The Morgan fingerprint density at radius 3 is 2.88 bits per heavy atom. The van der Waals surface area contributed by atoms with Gasteiger partial charge in [0.15, 0.2) is 12.1 Å². The zero-order valence-corrected chi connectivity index (χ0v) is 17.6. The standard InChI is InChI=1S/C20H19FN6O6/c1-10(28)22-7-14-9-26(20(29)32-14)13-3-4-16(15(21)5-13)27-8-12(6-23-27)17-24-18(33-25-17)19-30-11(2)31-19/h3-6,8,11,14,19H,7,9H2,1-2H3,(H,22,28)/t11?,14-,19?/m0/s1. The van der Waals surface area contributed by atoms with Gasteiger partial charge >= 0.3 is 6.09 Å². The molecule has 2 saturated heterocycles. The summed E-state index contributed by atoms with van der Waals surface area (Å²) in [6, 6.07) is 4.30. The van der Waals surface area contributed by atoms with E-state index in [0.717, 1.165) is 0 Å². The van der Waals surface area contributed by atoms with Crippen LogP contribution in [0.5, 0.6) is 0 Å². The third-order valence-electron chi connectivity index (χ3n) is 5.06. The molecule has 2 amide bonds. The van der Waals surface area contributed by atoms with E-state index in [0.29, 0.717) is 11.3 Å². The van der Waals surface area contributed by atoms with Gasteiger partial charge in [-0.25, -0.2) is 13.9 Å². The lowest BCUT2D eigenvalue weighted by Gasteiger charge is -2.30. The summed E-state index contributed by atoms with van der Waals surface area (Å²) in [7, 11) is 0. The third-order valence-corrected chi connectivity index (χ3v) is 5.06. The van der Waals surface area contributed by atoms with Gasteiger partial charge in [0.25, 0.3) is 5.89 Å². The summed E-state index contributed by atoms with van der Waals surface area (Å²) < 4.78 is 37.2. The van der Waals surface area contributed by atoms with Crippen molar-refractivity contribution >= 4 is 17.7 Å². The first-order chi connectivity index (χ1) is 15.9. The SMILES string of the molecule is CC(=O)NC[C@H]1CN(c2ccc(-n3cc(-c4noc(C5OC(C)O5)n4)cn3)c(F)c2)C(=O)O1. The number of carbonyl (C=O) groups excluding carboxylic acids is 2. The van der Waals surface area contributed by atoms with Gasteiger partial charge in [-0.1, -0.05) is 5.16 Å². The number of amides is 2. The molecular formula is C20H19FN6O6. The van der Waals surface area contributed by atoms with E-state index >= 15 is 0 Å². The molecule has 1 atom stereocenters. The van der Waals surface area contributed by atoms with Crippen molar-refractivity contribution in [1.82, 2.24) is 25.2 Å². The van der Waals surface area contributed by atoms with Crippen LogP contribution in [0.3, 0.4) is 0 Å². The van der Waals surface area contributed by atoms with E-state index in [4.69, 9.17) is 18.7 Å². The highest BCUT2D eigenvalue weighted by Gasteiger charge is 2.34. The average Bonchev–Trinajstić information content (AvgIpc) is 3.49. The normalized spacial score (nSPS) is 22.2. The van der Waals surface area contributed by atoms with Crippen LogP contribution < -0.4 is 10.2 Å². The molecule has 0 radical (unpaired) electrons. The predicted octanol–water partition coefficient (Wildman–Crippen LogP) is 1.91. The molecule has 13 heteroatoms. The Bertz CT molecular complexity index is 1210. The Kier molecular flexibility index (Phi) is 5.26. The van der Waals surface area contributed by atoms with E-state index in [1.54, 1.807) is 19.2 Å². The molecule has 12 nitrogen and oxygen atoms in total. The summed E-state index contributed by atoms with van der Waals surface area (Å²) in [6.07, 6.45) is 0.862. The van der Waals surface area contributed by atoms with Crippen LogP contribution >= 0.6 is 0 Å². The van der Waals surface area contributed by atoms with Crippen molar-refractivity contribution in [2.75, 3.05) is 18.0 Å². The number of halogens is 1. The maximum Gasteiger partial charge on any atom is 0.414 e. The lowest BCUT2D eigenvalue weighted by Crippen LogP contribution is -2.33. The molecule has 2 aromatic heterocycles. The topological polar surface area (TPSA) is 134 Å². The van der Waals surface area contributed by atoms with Crippen LogP contribution in [0.25, 0.3) is 17.1 Å². The summed E-state index contributed by atoms with van der Waals surface area (Å²) in [6.45, 7) is 3.49. The quantitative estimate of drug-likeness (QED) is 0.588. The zero-order chi connectivity index (χ0) is 23.1. The van der Waals surface area contributed by atoms with Gasteiger partial charge in [-0.05, 0) is 25.1 Å². The minimum Gasteiger partial charge on any atom is -0.442 e. The number of nitrogens with zero attached hydrogens (tertiary/aromatic N) is 5. The molecule has 0 saturated carbocycles. The summed E-state index contributed by atoms with van der Waals surface area (Å²) in [5.41, 5.74) is 0.997. The second-order valence-corrected chi connectivity index (χ2v) is 7.49. The van der Waals surface area contributed by atoms with Crippen LogP contribution in [-0.2, 0) is 19.0 Å². The first-order valence-corrected chi connectivity index (χ1v) is 10.1. The first kappa shape index (κ1) is 21.0. The molecule has 2 aliphatic rings. The van der Waals surface area contributed by atoms with Crippen LogP contribution in [0, 0.1) is 5.82 Å². The number of hydrogen-bond donors (Lipinski definition) is 1. The molecule has 172 valence electrons. The van der Waals surface area contributed by atoms with Gasteiger partial charge in [0.05, 0.1) is 30.5 Å². The fourth-order valence-corrected chi connectivity index (χ4v) is 3.44. The zero-order valence-electron chi connectivity index (χ0n) is 17.6. The van der Waals surface area contributed by atoms with E-state index in [1.165, 1.54) is 34.8 Å². The van der Waals surface area contributed by atoms with Crippen LogP contribution in [0.4, 0.5) is 14.9 Å². The number of carbonyl (C=O) groups is 2. The molecular weight excluding hydrogens is 439 g/mol. The number of hydrogen-bond acceptors (Lipinski definition) is 9. The number of anilines is 1. The van der Waals surface area contributed by atoms with E-state index < -0.39 is 24.3 Å². The van der Waals surface area contributed by atoms with Gasteiger partial charge in [-0.3, -0.25) is 9.69 Å². The van der Waals surface area contributed by atoms with Crippen LogP contribution in [0.2, 0.25) is 0 Å². The smallest absolute Gasteiger partial charge is 0.414 e. The molecule has 1 aromatic carbocycles. The summed E-state index contributed by atoms with van der Waals surface area (Å²) in [5.74, 6) is -0.389. The molecule has 3 aromatic rings.